The lowest BCUT2D eigenvalue weighted by Crippen LogP contribution is -2.05. The van der Waals surface area contributed by atoms with Crippen molar-refractivity contribution >= 4 is 11.7 Å². The summed E-state index contributed by atoms with van der Waals surface area (Å²) in [6.45, 7) is 5.27. The summed E-state index contributed by atoms with van der Waals surface area (Å²) in [6, 6.07) is 8.28. The van der Waals surface area contributed by atoms with E-state index in [2.05, 4.69) is 41.6 Å². The second-order valence-corrected chi connectivity index (χ2v) is 4.58. The van der Waals surface area contributed by atoms with E-state index < -0.39 is 5.97 Å². The Bertz CT molecular complexity index is 588. The summed E-state index contributed by atoms with van der Waals surface area (Å²) < 4.78 is 1.62. The average Bonchev–Trinajstić information content (AvgIpc) is 2.89. The molecule has 1 aromatic carbocycles. The van der Waals surface area contributed by atoms with Gasteiger partial charge in [-0.2, -0.15) is 5.10 Å². The van der Waals surface area contributed by atoms with Crippen LogP contribution in [-0.2, 0) is 19.5 Å². The number of hydrogen-bond donors (Lipinski definition) is 2. The summed E-state index contributed by atoms with van der Waals surface area (Å²) in [5.74, 6) is -1.01. The molecular weight excluding hydrogens is 254 g/mol. The van der Waals surface area contributed by atoms with Crippen molar-refractivity contribution in [3.8, 4) is 0 Å². The lowest BCUT2D eigenvalue weighted by molar-refractivity contribution is 0.0690. The van der Waals surface area contributed by atoms with Crippen LogP contribution in [0.1, 0.15) is 35.5 Å². The van der Waals surface area contributed by atoms with Crippen LogP contribution in [0.4, 0.5) is 5.69 Å². The second-order valence-electron chi connectivity index (χ2n) is 4.58. The van der Waals surface area contributed by atoms with Gasteiger partial charge in [-0.3, -0.25) is 4.68 Å². The third-order valence-corrected chi connectivity index (χ3v) is 3.20. The van der Waals surface area contributed by atoms with Crippen LogP contribution in [0.5, 0.6) is 0 Å². The van der Waals surface area contributed by atoms with Crippen LogP contribution in [0.25, 0.3) is 0 Å². The second kappa shape index (κ2) is 6.23. The summed E-state index contributed by atoms with van der Waals surface area (Å²) >= 11 is 0. The van der Waals surface area contributed by atoms with Crippen molar-refractivity contribution in [2.45, 2.75) is 33.4 Å². The van der Waals surface area contributed by atoms with Gasteiger partial charge in [0.2, 0.25) is 0 Å². The highest BCUT2D eigenvalue weighted by Crippen LogP contribution is 2.15. The predicted octanol–water partition coefficient (Wildman–Crippen LogP) is 2.78. The fourth-order valence-electron chi connectivity index (χ4n) is 1.96. The molecule has 2 N–H and O–H groups in total. The van der Waals surface area contributed by atoms with E-state index in [-0.39, 0.29) is 5.69 Å². The number of nitrogens with one attached hydrogen (secondary N) is 1. The quantitative estimate of drug-likeness (QED) is 0.849. The minimum Gasteiger partial charge on any atom is -0.476 e. The number of carbonyl (C=O) groups is 1. The van der Waals surface area contributed by atoms with Crippen molar-refractivity contribution in [3.05, 3.63) is 47.3 Å². The van der Waals surface area contributed by atoms with E-state index in [0.717, 1.165) is 12.0 Å². The monoisotopic (exact) mass is 273 g/mol. The highest BCUT2D eigenvalue weighted by molar-refractivity contribution is 5.91. The van der Waals surface area contributed by atoms with E-state index in [0.29, 0.717) is 18.8 Å². The average molecular weight is 273 g/mol. The van der Waals surface area contributed by atoms with E-state index in [1.807, 2.05) is 6.92 Å². The molecule has 0 aliphatic carbocycles. The zero-order valence-electron chi connectivity index (χ0n) is 11.8. The highest BCUT2D eigenvalue weighted by atomic mass is 16.4. The standard InChI is InChI=1S/C15H19N3O2/c1-3-11-5-7-12(8-6-11)9-16-13-10-18(4-2)17-14(13)15(19)20/h5-8,10,16H,3-4,9H2,1-2H3,(H,19,20). The zero-order valence-corrected chi connectivity index (χ0v) is 11.8. The lowest BCUT2D eigenvalue weighted by Gasteiger charge is -2.05. The van der Waals surface area contributed by atoms with Crippen molar-refractivity contribution in [2.24, 2.45) is 0 Å². The maximum atomic E-state index is 11.1. The molecule has 0 bridgehead atoms. The van der Waals surface area contributed by atoms with Crippen LogP contribution in [0.3, 0.4) is 0 Å². The van der Waals surface area contributed by atoms with Gasteiger partial charge in [-0.05, 0) is 24.5 Å². The highest BCUT2D eigenvalue weighted by Gasteiger charge is 2.14. The Hall–Kier alpha value is -2.30. The van der Waals surface area contributed by atoms with Gasteiger partial charge in [-0.25, -0.2) is 4.79 Å². The van der Waals surface area contributed by atoms with Crippen LogP contribution >= 0.6 is 0 Å². The van der Waals surface area contributed by atoms with Gasteiger partial charge in [-0.15, -0.1) is 0 Å². The first-order valence-electron chi connectivity index (χ1n) is 6.76. The molecule has 20 heavy (non-hydrogen) atoms. The molecule has 5 heteroatoms. The first-order chi connectivity index (χ1) is 9.63. The molecule has 0 saturated carbocycles. The summed E-state index contributed by atoms with van der Waals surface area (Å²) in [5, 5.41) is 16.3. The Morgan fingerprint density at radius 3 is 2.45 bits per heavy atom. The number of hydrogen-bond acceptors (Lipinski definition) is 3. The van der Waals surface area contributed by atoms with Crippen LogP contribution in [0.2, 0.25) is 0 Å². The molecule has 0 saturated heterocycles. The van der Waals surface area contributed by atoms with Gasteiger partial charge < -0.3 is 10.4 Å². The third-order valence-electron chi connectivity index (χ3n) is 3.20. The largest absolute Gasteiger partial charge is 0.476 e. The lowest BCUT2D eigenvalue weighted by atomic mass is 10.1. The van der Waals surface area contributed by atoms with Gasteiger partial charge in [0.25, 0.3) is 0 Å². The van der Waals surface area contributed by atoms with Crippen LogP contribution in [0.15, 0.2) is 30.5 Å². The van der Waals surface area contributed by atoms with Crippen molar-refractivity contribution in [2.75, 3.05) is 5.32 Å². The van der Waals surface area contributed by atoms with Crippen molar-refractivity contribution < 1.29 is 9.90 Å². The molecule has 0 fully saturated rings. The topological polar surface area (TPSA) is 67.2 Å². The number of carboxylic acid groups (broad SMARTS) is 1. The first kappa shape index (κ1) is 14.1. The molecule has 0 aliphatic rings. The van der Waals surface area contributed by atoms with Crippen molar-refractivity contribution in [1.82, 2.24) is 9.78 Å². The van der Waals surface area contributed by atoms with Gasteiger partial charge in [0.1, 0.15) is 0 Å². The minimum absolute atomic E-state index is 0.0667. The van der Waals surface area contributed by atoms with E-state index >= 15 is 0 Å². The fraction of sp³-hybridized carbons (Fsp3) is 0.333. The summed E-state index contributed by atoms with van der Waals surface area (Å²) in [7, 11) is 0. The van der Waals surface area contributed by atoms with Gasteiger partial charge in [0.05, 0.1) is 5.69 Å². The Morgan fingerprint density at radius 1 is 1.25 bits per heavy atom. The van der Waals surface area contributed by atoms with Gasteiger partial charge in [0.15, 0.2) is 5.69 Å². The predicted molar refractivity (Wildman–Crippen MR) is 78.0 cm³/mol. The first-order valence-corrected chi connectivity index (χ1v) is 6.76. The Labute approximate surface area is 118 Å². The number of nitrogens with zero attached hydrogens (tertiary/aromatic N) is 2. The Morgan fingerprint density at radius 2 is 1.90 bits per heavy atom. The number of rotatable bonds is 6. The van der Waals surface area contributed by atoms with Gasteiger partial charge in [0, 0.05) is 19.3 Å². The van der Waals surface area contributed by atoms with Gasteiger partial charge >= 0.3 is 5.97 Å². The van der Waals surface area contributed by atoms with Crippen LogP contribution < -0.4 is 5.32 Å². The van der Waals surface area contributed by atoms with E-state index in [1.165, 1.54) is 5.56 Å². The fourth-order valence-corrected chi connectivity index (χ4v) is 1.96. The molecule has 0 spiro atoms. The maximum absolute atomic E-state index is 11.1. The Kier molecular flexibility index (Phi) is 4.40. The number of aryl methyl sites for hydroxylation is 2. The smallest absolute Gasteiger partial charge is 0.358 e. The van der Waals surface area contributed by atoms with Gasteiger partial charge in [-0.1, -0.05) is 31.2 Å². The number of aromatic nitrogens is 2. The normalized spacial score (nSPS) is 10.5. The summed E-state index contributed by atoms with van der Waals surface area (Å²) in [5.41, 5.74) is 3.03. The molecule has 0 aliphatic heterocycles. The molecule has 1 aromatic heterocycles. The van der Waals surface area contributed by atoms with Crippen LogP contribution in [0, 0.1) is 0 Å². The third kappa shape index (κ3) is 3.17. The zero-order chi connectivity index (χ0) is 14.5. The molecule has 106 valence electrons. The maximum Gasteiger partial charge on any atom is 0.358 e. The van der Waals surface area contributed by atoms with E-state index in [4.69, 9.17) is 5.11 Å². The molecule has 2 aromatic rings. The molecule has 0 amide bonds. The number of benzene rings is 1. The van der Waals surface area contributed by atoms with E-state index in [1.54, 1.807) is 10.9 Å². The molecule has 0 atom stereocenters. The molecule has 5 nitrogen and oxygen atoms in total. The van der Waals surface area contributed by atoms with Crippen LogP contribution in [-0.4, -0.2) is 20.9 Å². The minimum atomic E-state index is -1.01. The molecule has 0 radical (unpaired) electrons. The SMILES string of the molecule is CCc1ccc(CNc2cn(CC)nc2C(=O)O)cc1. The van der Waals surface area contributed by atoms with E-state index in [9.17, 15) is 4.79 Å². The molecule has 1 heterocycles. The molecule has 0 unspecified atom stereocenters. The summed E-state index contributed by atoms with van der Waals surface area (Å²) in [4.78, 5) is 11.1. The van der Waals surface area contributed by atoms with Crippen molar-refractivity contribution in [3.63, 3.8) is 0 Å². The van der Waals surface area contributed by atoms with Crippen molar-refractivity contribution in [1.29, 1.82) is 0 Å². The Balaban J connectivity index is 2.09. The number of carboxylic acids is 1. The molecular formula is C15H19N3O2. The molecule has 2 rings (SSSR count). The summed E-state index contributed by atoms with van der Waals surface area (Å²) in [6.07, 6.45) is 2.74. The number of aromatic carboxylic acids is 1. The number of anilines is 1.